The zero-order chi connectivity index (χ0) is 30.9. The number of amides is 1. The molecule has 2 aliphatic heterocycles. The molecule has 5 rings (SSSR count). The van der Waals surface area contributed by atoms with Gasteiger partial charge in [-0.2, -0.15) is 5.10 Å². The molecule has 4 heterocycles. The van der Waals surface area contributed by atoms with Gasteiger partial charge < -0.3 is 4.90 Å². The molecule has 9 nitrogen and oxygen atoms in total. The number of fused-ring (bicyclic) bond motifs is 2. The van der Waals surface area contributed by atoms with Crippen LogP contribution in [0.2, 0.25) is 0 Å². The predicted octanol–water partition coefficient (Wildman–Crippen LogP) is 5.39. The van der Waals surface area contributed by atoms with Crippen molar-refractivity contribution in [1.82, 2.24) is 24.6 Å². The Morgan fingerprint density at radius 2 is 1.81 bits per heavy atom. The molecule has 1 amide bonds. The highest BCUT2D eigenvalue weighted by atomic mass is 19.1. The number of nitrogens with zero attached hydrogens (tertiary/aromatic N) is 5. The molecule has 10 heteroatoms. The molecule has 228 valence electrons. The van der Waals surface area contributed by atoms with Crippen LogP contribution in [0.15, 0.2) is 24.5 Å². The fourth-order valence-electron chi connectivity index (χ4n) is 6.50. The largest absolute Gasteiger partial charge is 0.328 e. The topological polar surface area (TPSA) is 115 Å². The molecule has 0 saturated carbocycles. The molecule has 2 aromatic heterocycles. The monoisotopic (exact) mass is 589 g/mol. The van der Waals surface area contributed by atoms with E-state index in [1.165, 1.54) is 11.8 Å². The number of carbonyl (C=O) groups is 4. The maximum Gasteiger partial charge on any atom is 0.245 e. The first-order valence-electron chi connectivity index (χ1n) is 15.4. The molecule has 2 aliphatic rings. The summed E-state index contributed by atoms with van der Waals surface area (Å²) in [5.41, 5.74) is 1.69. The van der Waals surface area contributed by atoms with Gasteiger partial charge in [0.25, 0.3) is 0 Å². The van der Waals surface area contributed by atoms with E-state index in [2.05, 4.69) is 15.1 Å². The van der Waals surface area contributed by atoms with E-state index in [1.807, 2.05) is 26.0 Å². The second kappa shape index (κ2) is 12.4. The van der Waals surface area contributed by atoms with Crippen LogP contribution in [0.5, 0.6) is 0 Å². The van der Waals surface area contributed by atoms with Crippen molar-refractivity contribution in [2.45, 2.75) is 104 Å². The van der Waals surface area contributed by atoms with Gasteiger partial charge in [0.05, 0.1) is 18.1 Å². The molecule has 1 saturated heterocycles. The fourth-order valence-corrected chi connectivity index (χ4v) is 6.50. The second-order valence-electron chi connectivity index (χ2n) is 12.3. The molecule has 0 radical (unpaired) electrons. The van der Waals surface area contributed by atoms with Crippen molar-refractivity contribution >= 4 is 34.2 Å². The number of rotatable bonds is 4. The number of halogens is 1. The van der Waals surface area contributed by atoms with Gasteiger partial charge >= 0.3 is 0 Å². The number of hydrogen-bond acceptors (Lipinski definition) is 7. The van der Waals surface area contributed by atoms with Crippen molar-refractivity contribution in [2.75, 3.05) is 6.54 Å². The minimum Gasteiger partial charge on any atom is -0.328 e. The smallest absolute Gasteiger partial charge is 0.245 e. The number of hydrogen-bond donors (Lipinski definition) is 0. The SMILES string of the molecule is CCC(=O)[C@@H]1C[C@]2(F)CCC(=O)[C@H](C)CCCCCc3cc(-c4cnc(C)nc4)cc4c(C(C)=O)nn(c34)CC(=O)N1C2. The fraction of sp³-hybridized carbons (Fsp3) is 0.545. The van der Waals surface area contributed by atoms with Gasteiger partial charge in [0.2, 0.25) is 5.91 Å². The van der Waals surface area contributed by atoms with Gasteiger partial charge in [-0.25, -0.2) is 14.4 Å². The van der Waals surface area contributed by atoms with Gasteiger partial charge in [-0.3, -0.25) is 23.9 Å². The zero-order valence-electron chi connectivity index (χ0n) is 25.5. The Balaban J connectivity index is 1.61. The van der Waals surface area contributed by atoms with Crippen LogP contribution in [-0.4, -0.2) is 66.2 Å². The van der Waals surface area contributed by atoms with Crippen molar-refractivity contribution < 1.29 is 23.6 Å². The van der Waals surface area contributed by atoms with E-state index in [-0.39, 0.29) is 67.7 Å². The van der Waals surface area contributed by atoms with Crippen LogP contribution in [0.3, 0.4) is 0 Å². The Morgan fingerprint density at radius 3 is 2.51 bits per heavy atom. The molecular weight excluding hydrogens is 549 g/mol. The molecule has 0 N–H and O–H groups in total. The number of Topliss-reactive ketones (excluding diaryl/α,β-unsaturated/α-hetero) is 3. The highest BCUT2D eigenvalue weighted by Crippen LogP contribution is 2.37. The van der Waals surface area contributed by atoms with Crippen molar-refractivity contribution in [3.05, 3.63) is 41.6 Å². The average Bonchev–Trinajstić information content (AvgIpc) is 3.53. The summed E-state index contributed by atoms with van der Waals surface area (Å²) >= 11 is 0. The van der Waals surface area contributed by atoms with Gasteiger partial charge in [-0.05, 0) is 55.9 Å². The van der Waals surface area contributed by atoms with Crippen molar-refractivity contribution in [2.24, 2.45) is 5.92 Å². The molecule has 0 spiro atoms. The Labute approximate surface area is 251 Å². The zero-order valence-corrected chi connectivity index (χ0v) is 25.5. The van der Waals surface area contributed by atoms with Gasteiger partial charge in [-0.15, -0.1) is 0 Å². The molecule has 3 atom stereocenters. The molecule has 2 bridgehead atoms. The molecule has 0 unspecified atom stereocenters. The molecule has 1 fully saturated rings. The maximum atomic E-state index is 16.2. The normalized spacial score (nSPS) is 23.9. The first kappa shape index (κ1) is 30.6. The Morgan fingerprint density at radius 1 is 1.07 bits per heavy atom. The lowest BCUT2D eigenvalue weighted by Gasteiger charge is -2.24. The number of carbonyl (C=O) groups excluding carboxylic acids is 4. The quantitative estimate of drug-likeness (QED) is 0.375. The minimum atomic E-state index is -1.82. The average molecular weight is 590 g/mol. The third kappa shape index (κ3) is 6.43. The summed E-state index contributed by atoms with van der Waals surface area (Å²) in [6.45, 7) is 6.39. The van der Waals surface area contributed by atoms with Crippen LogP contribution < -0.4 is 0 Å². The standard InChI is InChI=1S/C33H40FN5O4/c1-5-28(41)27-15-33(34)12-11-29(42)20(2)9-7-6-8-10-23-13-24(25-16-35-22(4)36-17-25)14-26-31(21(3)40)37-39(32(23)26)18-30(43)38(27)19-33/h13-14,16-17,20,27H,5-12,15,18-19H2,1-4H3/t20-,27+,33-/m1/s1. The van der Waals surface area contributed by atoms with Crippen LogP contribution in [-0.2, 0) is 27.3 Å². The van der Waals surface area contributed by atoms with E-state index >= 15 is 4.39 Å². The minimum absolute atomic E-state index is 0.0116. The van der Waals surface area contributed by atoms with Crippen LogP contribution in [0.4, 0.5) is 4.39 Å². The van der Waals surface area contributed by atoms with Gasteiger partial charge in [0.15, 0.2) is 11.6 Å². The van der Waals surface area contributed by atoms with Crippen LogP contribution in [0, 0.1) is 12.8 Å². The van der Waals surface area contributed by atoms with Crippen molar-refractivity contribution in [3.63, 3.8) is 0 Å². The van der Waals surface area contributed by atoms with Gasteiger partial charge in [0, 0.05) is 55.4 Å². The van der Waals surface area contributed by atoms with E-state index < -0.39 is 17.6 Å². The third-order valence-electron chi connectivity index (χ3n) is 9.04. The second-order valence-corrected chi connectivity index (χ2v) is 12.3. The molecule has 43 heavy (non-hydrogen) atoms. The number of alkyl halides is 1. The lowest BCUT2D eigenvalue weighted by molar-refractivity contribution is -0.138. The molecule has 3 aromatic rings. The first-order valence-corrected chi connectivity index (χ1v) is 15.4. The van der Waals surface area contributed by atoms with Crippen LogP contribution in [0.25, 0.3) is 22.0 Å². The van der Waals surface area contributed by atoms with Crippen molar-refractivity contribution in [3.8, 4) is 11.1 Å². The summed E-state index contributed by atoms with van der Waals surface area (Å²) in [6.07, 6.45) is 7.62. The first-order chi connectivity index (χ1) is 20.5. The molecule has 1 aromatic carbocycles. The predicted molar refractivity (Wildman–Crippen MR) is 160 cm³/mol. The summed E-state index contributed by atoms with van der Waals surface area (Å²) in [5, 5.41) is 5.24. The maximum absolute atomic E-state index is 16.2. The van der Waals surface area contributed by atoms with Crippen LogP contribution in [0.1, 0.15) is 94.0 Å². The van der Waals surface area contributed by atoms with Gasteiger partial charge in [-0.1, -0.05) is 26.7 Å². The Hall–Kier alpha value is -3.82. The van der Waals surface area contributed by atoms with E-state index in [1.54, 1.807) is 24.0 Å². The van der Waals surface area contributed by atoms with E-state index in [0.717, 1.165) is 42.4 Å². The Kier molecular flexibility index (Phi) is 8.85. The number of benzene rings is 1. The highest BCUT2D eigenvalue weighted by Gasteiger charge is 2.48. The summed E-state index contributed by atoms with van der Waals surface area (Å²) < 4.78 is 17.7. The Bertz CT molecular complexity index is 1570. The van der Waals surface area contributed by atoms with Crippen LogP contribution >= 0.6 is 0 Å². The van der Waals surface area contributed by atoms with Gasteiger partial charge in [0.1, 0.15) is 29.5 Å². The lowest BCUT2D eigenvalue weighted by atomic mass is 9.89. The third-order valence-corrected chi connectivity index (χ3v) is 9.04. The number of aryl methyl sites for hydroxylation is 2. The summed E-state index contributed by atoms with van der Waals surface area (Å²) in [6, 6.07) is 3.03. The molecular formula is C33H40FN5O4. The summed E-state index contributed by atoms with van der Waals surface area (Å²) in [4.78, 5) is 62.4. The molecule has 0 aliphatic carbocycles. The van der Waals surface area contributed by atoms with E-state index in [4.69, 9.17) is 0 Å². The highest BCUT2D eigenvalue weighted by molar-refractivity contribution is 6.07. The number of ketones is 3. The number of aromatic nitrogens is 4. The van der Waals surface area contributed by atoms with Crippen molar-refractivity contribution in [1.29, 1.82) is 0 Å². The summed E-state index contributed by atoms with van der Waals surface area (Å²) in [5.74, 6) is -0.377. The van der Waals surface area contributed by atoms with E-state index in [9.17, 15) is 19.2 Å². The van der Waals surface area contributed by atoms with E-state index in [0.29, 0.717) is 23.1 Å². The lowest BCUT2D eigenvalue weighted by Crippen LogP contribution is -2.42. The summed E-state index contributed by atoms with van der Waals surface area (Å²) in [7, 11) is 0.